The van der Waals surface area contributed by atoms with Crippen LogP contribution in [-0.2, 0) is 0 Å². The third-order valence-electron chi connectivity index (χ3n) is 1.54. The number of benzene rings is 1. The first-order chi connectivity index (χ1) is 5.24. The molecule has 11 heavy (non-hydrogen) atoms. The molecule has 1 atom stereocenters. The summed E-state index contributed by atoms with van der Waals surface area (Å²) in [6.07, 6.45) is -0.104. The summed E-state index contributed by atoms with van der Waals surface area (Å²) in [6.45, 7) is 0. The molecule has 0 saturated carbocycles. The molecule has 0 spiro atoms. The van der Waals surface area contributed by atoms with Crippen LogP contribution < -0.4 is 11.1 Å². The minimum atomic E-state index is -0.104. The molecule has 1 unspecified atom stereocenters. The largest absolute Gasteiger partial charge is 0.312 e. The van der Waals surface area contributed by atoms with Gasteiger partial charge in [0, 0.05) is 5.02 Å². The van der Waals surface area contributed by atoms with Gasteiger partial charge in [-0.05, 0) is 24.7 Å². The van der Waals surface area contributed by atoms with E-state index in [2.05, 4.69) is 5.32 Å². The zero-order chi connectivity index (χ0) is 8.27. The van der Waals surface area contributed by atoms with Crippen LogP contribution in [0.5, 0.6) is 0 Å². The molecule has 0 aromatic heterocycles. The predicted molar refractivity (Wildman–Crippen MR) is 47.4 cm³/mol. The molecule has 0 fully saturated rings. The van der Waals surface area contributed by atoms with Gasteiger partial charge in [0.25, 0.3) is 0 Å². The number of hydrogen-bond acceptors (Lipinski definition) is 2. The summed E-state index contributed by atoms with van der Waals surface area (Å²) in [5, 5.41) is 3.67. The normalized spacial score (nSPS) is 13.0. The maximum atomic E-state index is 5.70. The Hall–Kier alpha value is -0.570. The Kier molecular flexibility index (Phi) is 2.88. The lowest BCUT2D eigenvalue weighted by molar-refractivity contribution is 0.622. The molecule has 0 heterocycles. The van der Waals surface area contributed by atoms with Gasteiger partial charge in [-0.2, -0.15) is 0 Å². The number of rotatable bonds is 2. The van der Waals surface area contributed by atoms with Gasteiger partial charge in [0.15, 0.2) is 0 Å². The van der Waals surface area contributed by atoms with Crippen molar-refractivity contribution >= 4 is 11.6 Å². The smallest absolute Gasteiger partial charge is 0.0807 e. The van der Waals surface area contributed by atoms with Crippen molar-refractivity contribution in [3.63, 3.8) is 0 Å². The summed E-state index contributed by atoms with van der Waals surface area (Å²) in [7, 11) is 1.82. The van der Waals surface area contributed by atoms with Crippen molar-refractivity contribution in [2.45, 2.75) is 6.17 Å². The van der Waals surface area contributed by atoms with Gasteiger partial charge in [-0.25, -0.2) is 0 Å². The van der Waals surface area contributed by atoms with E-state index in [1.54, 1.807) is 0 Å². The quantitative estimate of drug-likeness (QED) is 0.661. The van der Waals surface area contributed by atoms with E-state index in [9.17, 15) is 0 Å². The molecule has 3 N–H and O–H groups in total. The molecule has 0 aliphatic carbocycles. The third kappa shape index (κ3) is 2.19. The van der Waals surface area contributed by atoms with E-state index >= 15 is 0 Å². The molecule has 0 radical (unpaired) electrons. The lowest BCUT2D eigenvalue weighted by Gasteiger charge is -2.09. The van der Waals surface area contributed by atoms with E-state index in [0.717, 1.165) is 10.6 Å². The van der Waals surface area contributed by atoms with Gasteiger partial charge in [-0.1, -0.05) is 23.7 Å². The summed E-state index contributed by atoms with van der Waals surface area (Å²) >= 11 is 5.70. The Morgan fingerprint density at radius 2 is 1.91 bits per heavy atom. The highest BCUT2D eigenvalue weighted by atomic mass is 35.5. The molecular weight excluding hydrogens is 160 g/mol. The van der Waals surface area contributed by atoms with Gasteiger partial charge in [0.2, 0.25) is 0 Å². The Balaban J connectivity index is 2.81. The number of hydrogen-bond donors (Lipinski definition) is 2. The van der Waals surface area contributed by atoms with Crippen LogP contribution in [0.25, 0.3) is 0 Å². The van der Waals surface area contributed by atoms with E-state index in [0.29, 0.717) is 0 Å². The monoisotopic (exact) mass is 170 g/mol. The summed E-state index contributed by atoms with van der Waals surface area (Å²) < 4.78 is 0. The fourth-order valence-corrected chi connectivity index (χ4v) is 0.963. The minimum Gasteiger partial charge on any atom is -0.312 e. The summed E-state index contributed by atoms with van der Waals surface area (Å²) in [5.41, 5.74) is 6.73. The number of nitrogens with two attached hydrogens (primary N) is 1. The second-order valence-electron chi connectivity index (χ2n) is 2.32. The second-order valence-corrected chi connectivity index (χ2v) is 2.75. The van der Waals surface area contributed by atoms with Crippen molar-refractivity contribution in [1.82, 2.24) is 5.32 Å². The SMILES string of the molecule is CNC(N)c1ccc(Cl)cc1. The maximum Gasteiger partial charge on any atom is 0.0807 e. The van der Waals surface area contributed by atoms with Crippen molar-refractivity contribution in [2.75, 3.05) is 7.05 Å². The standard InChI is InChI=1S/C8H11ClN2/c1-11-8(10)6-2-4-7(9)5-3-6/h2-5,8,11H,10H2,1H3. The fraction of sp³-hybridized carbons (Fsp3) is 0.250. The molecule has 0 bridgehead atoms. The highest BCUT2D eigenvalue weighted by Gasteiger charge is 2.00. The Labute approximate surface area is 71.4 Å². The van der Waals surface area contributed by atoms with Crippen LogP contribution in [0, 0.1) is 0 Å². The Bertz CT molecular complexity index is 220. The van der Waals surface area contributed by atoms with Crippen molar-refractivity contribution in [2.24, 2.45) is 5.73 Å². The average molecular weight is 171 g/mol. The van der Waals surface area contributed by atoms with Crippen LogP contribution in [0.3, 0.4) is 0 Å². The fourth-order valence-electron chi connectivity index (χ4n) is 0.837. The molecule has 0 aliphatic heterocycles. The molecule has 1 rings (SSSR count). The van der Waals surface area contributed by atoms with Crippen LogP contribution in [0.15, 0.2) is 24.3 Å². The van der Waals surface area contributed by atoms with Gasteiger partial charge in [-0.15, -0.1) is 0 Å². The minimum absolute atomic E-state index is 0.104. The summed E-state index contributed by atoms with van der Waals surface area (Å²) in [4.78, 5) is 0. The van der Waals surface area contributed by atoms with Crippen LogP contribution in [0.1, 0.15) is 11.7 Å². The lowest BCUT2D eigenvalue weighted by Crippen LogP contribution is -2.24. The molecule has 0 amide bonds. The van der Waals surface area contributed by atoms with Crippen molar-refractivity contribution < 1.29 is 0 Å². The number of halogens is 1. The molecule has 0 saturated heterocycles. The van der Waals surface area contributed by atoms with E-state index < -0.39 is 0 Å². The maximum absolute atomic E-state index is 5.70. The van der Waals surface area contributed by atoms with Gasteiger partial charge in [0.05, 0.1) is 6.17 Å². The molecule has 1 aromatic rings. The van der Waals surface area contributed by atoms with Crippen molar-refractivity contribution in [3.8, 4) is 0 Å². The first-order valence-corrected chi connectivity index (χ1v) is 3.80. The number of nitrogens with one attached hydrogen (secondary N) is 1. The van der Waals surface area contributed by atoms with Crippen LogP contribution in [0.2, 0.25) is 5.02 Å². The van der Waals surface area contributed by atoms with Gasteiger partial charge in [0.1, 0.15) is 0 Å². The summed E-state index contributed by atoms with van der Waals surface area (Å²) in [5.74, 6) is 0. The van der Waals surface area contributed by atoms with E-state index in [-0.39, 0.29) is 6.17 Å². The molecule has 0 aliphatic rings. The van der Waals surface area contributed by atoms with Crippen LogP contribution in [-0.4, -0.2) is 7.05 Å². The topological polar surface area (TPSA) is 38.0 Å². The van der Waals surface area contributed by atoms with Gasteiger partial charge in [-0.3, -0.25) is 0 Å². The molecular formula is C8H11ClN2. The second kappa shape index (κ2) is 3.72. The van der Waals surface area contributed by atoms with E-state index in [1.807, 2.05) is 31.3 Å². The zero-order valence-corrected chi connectivity index (χ0v) is 7.10. The first kappa shape index (κ1) is 8.53. The lowest BCUT2D eigenvalue weighted by atomic mass is 10.2. The molecule has 1 aromatic carbocycles. The zero-order valence-electron chi connectivity index (χ0n) is 6.34. The summed E-state index contributed by atoms with van der Waals surface area (Å²) in [6, 6.07) is 7.47. The van der Waals surface area contributed by atoms with Gasteiger partial charge < -0.3 is 11.1 Å². The van der Waals surface area contributed by atoms with Crippen LogP contribution in [0.4, 0.5) is 0 Å². The first-order valence-electron chi connectivity index (χ1n) is 3.42. The van der Waals surface area contributed by atoms with Crippen molar-refractivity contribution in [3.05, 3.63) is 34.9 Å². The highest BCUT2D eigenvalue weighted by molar-refractivity contribution is 6.30. The predicted octanol–water partition coefficient (Wildman–Crippen LogP) is 1.52. The highest BCUT2D eigenvalue weighted by Crippen LogP contribution is 2.12. The third-order valence-corrected chi connectivity index (χ3v) is 1.79. The molecule has 60 valence electrons. The van der Waals surface area contributed by atoms with Crippen molar-refractivity contribution in [1.29, 1.82) is 0 Å². The average Bonchev–Trinajstić information content (AvgIpc) is 2.05. The molecule has 2 nitrogen and oxygen atoms in total. The van der Waals surface area contributed by atoms with Crippen LogP contribution >= 0.6 is 11.6 Å². The Morgan fingerprint density at radius 1 is 1.36 bits per heavy atom. The van der Waals surface area contributed by atoms with Gasteiger partial charge >= 0.3 is 0 Å². The molecule has 3 heteroatoms. The Morgan fingerprint density at radius 3 is 2.36 bits per heavy atom. The van der Waals surface area contributed by atoms with E-state index in [4.69, 9.17) is 17.3 Å². The van der Waals surface area contributed by atoms with E-state index in [1.165, 1.54) is 0 Å².